The highest BCUT2D eigenvalue weighted by Crippen LogP contribution is 2.31. The van der Waals surface area contributed by atoms with Crippen molar-refractivity contribution in [2.75, 3.05) is 13.1 Å². The first-order chi connectivity index (χ1) is 9.29. The number of hydrogen-bond acceptors (Lipinski definition) is 2. The van der Waals surface area contributed by atoms with Crippen molar-refractivity contribution in [3.63, 3.8) is 0 Å². The molecule has 0 spiro atoms. The summed E-state index contributed by atoms with van der Waals surface area (Å²) in [4.78, 5) is 2.51. The summed E-state index contributed by atoms with van der Waals surface area (Å²) in [5.74, 6) is 0. The Morgan fingerprint density at radius 2 is 1.85 bits per heavy atom. The third-order valence-corrected chi connectivity index (χ3v) is 4.74. The van der Waals surface area contributed by atoms with E-state index in [-0.39, 0.29) is 5.41 Å². The highest BCUT2D eigenvalue weighted by Gasteiger charge is 2.34. The molecule has 1 N–H and O–H groups in total. The fourth-order valence-electron chi connectivity index (χ4n) is 2.90. The molecule has 2 nitrogen and oxygen atoms in total. The molecule has 1 fully saturated rings. The van der Waals surface area contributed by atoms with Gasteiger partial charge in [-0.3, -0.25) is 4.90 Å². The first kappa shape index (κ1) is 16.1. The summed E-state index contributed by atoms with van der Waals surface area (Å²) >= 11 is 12.6. The molecule has 2 rings (SSSR count). The molecule has 4 heteroatoms. The quantitative estimate of drug-likeness (QED) is 0.880. The Morgan fingerprint density at radius 1 is 1.25 bits per heavy atom. The molecule has 2 unspecified atom stereocenters. The van der Waals surface area contributed by atoms with Gasteiger partial charge in [0.15, 0.2) is 0 Å². The second-order valence-electron chi connectivity index (χ2n) is 6.82. The highest BCUT2D eigenvalue weighted by atomic mass is 35.5. The zero-order valence-corrected chi connectivity index (χ0v) is 14.2. The van der Waals surface area contributed by atoms with E-state index in [0.717, 1.165) is 35.2 Å². The van der Waals surface area contributed by atoms with Crippen LogP contribution in [0, 0.1) is 5.41 Å². The Balaban J connectivity index is 2.24. The Labute approximate surface area is 132 Å². The number of halogens is 2. The lowest BCUT2D eigenvalue weighted by atomic mass is 9.83. The molecule has 112 valence electrons. The number of rotatable bonds is 2. The van der Waals surface area contributed by atoms with Gasteiger partial charge in [0.2, 0.25) is 0 Å². The molecule has 0 bridgehead atoms. The van der Waals surface area contributed by atoms with Gasteiger partial charge in [0.1, 0.15) is 0 Å². The van der Waals surface area contributed by atoms with Crippen molar-refractivity contribution in [2.45, 2.75) is 46.3 Å². The minimum Gasteiger partial charge on any atom is -0.311 e. The van der Waals surface area contributed by atoms with E-state index >= 15 is 0 Å². The number of nitrogens with one attached hydrogen (secondary N) is 1. The van der Waals surface area contributed by atoms with Crippen LogP contribution in [-0.2, 0) is 6.54 Å². The van der Waals surface area contributed by atoms with Gasteiger partial charge in [0, 0.05) is 47.3 Å². The van der Waals surface area contributed by atoms with Crippen LogP contribution < -0.4 is 5.32 Å². The van der Waals surface area contributed by atoms with E-state index in [0.29, 0.717) is 12.1 Å². The van der Waals surface area contributed by atoms with Crippen LogP contribution >= 0.6 is 23.2 Å². The van der Waals surface area contributed by atoms with Crippen molar-refractivity contribution < 1.29 is 0 Å². The monoisotopic (exact) mass is 314 g/mol. The first-order valence-electron chi connectivity index (χ1n) is 7.19. The zero-order chi connectivity index (χ0) is 14.9. The van der Waals surface area contributed by atoms with Gasteiger partial charge in [-0.1, -0.05) is 50.0 Å². The molecule has 0 aliphatic carbocycles. The molecule has 1 saturated heterocycles. The largest absolute Gasteiger partial charge is 0.311 e. The van der Waals surface area contributed by atoms with E-state index in [9.17, 15) is 0 Å². The summed E-state index contributed by atoms with van der Waals surface area (Å²) in [6.45, 7) is 11.9. The molecule has 1 aliphatic heterocycles. The fraction of sp³-hybridized carbons (Fsp3) is 0.625. The number of benzene rings is 1. The van der Waals surface area contributed by atoms with Gasteiger partial charge in [0.05, 0.1) is 0 Å². The zero-order valence-electron chi connectivity index (χ0n) is 12.7. The third kappa shape index (κ3) is 3.67. The molecule has 2 atom stereocenters. The summed E-state index contributed by atoms with van der Waals surface area (Å²) in [5, 5.41) is 5.10. The molecular formula is C16H24Cl2N2. The van der Waals surface area contributed by atoms with E-state index in [1.807, 2.05) is 18.2 Å². The van der Waals surface area contributed by atoms with Crippen LogP contribution in [0.25, 0.3) is 0 Å². The molecule has 1 aliphatic rings. The Bertz CT molecular complexity index is 448. The van der Waals surface area contributed by atoms with Crippen molar-refractivity contribution in [1.29, 1.82) is 0 Å². The lowest BCUT2D eigenvalue weighted by Gasteiger charge is -2.46. The molecule has 1 aromatic rings. The topological polar surface area (TPSA) is 15.3 Å². The number of hydrogen-bond donors (Lipinski definition) is 1. The van der Waals surface area contributed by atoms with Crippen molar-refractivity contribution in [2.24, 2.45) is 5.41 Å². The van der Waals surface area contributed by atoms with Crippen LogP contribution in [0.4, 0.5) is 0 Å². The maximum absolute atomic E-state index is 6.32. The van der Waals surface area contributed by atoms with Crippen LogP contribution in [0.1, 0.15) is 33.3 Å². The van der Waals surface area contributed by atoms with Gasteiger partial charge in [-0.2, -0.15) is 0 Å². The van der Waals surface area contributed by atoms with Crippen molar-refractivity contribution in [3.05, 3.63) is 33.8 Å². The third-order valence-electron chi connectivity index (χ3n) is 4.03. The average Bonchev–Trinajstić information content (AvgIpc) is 2.32. The lowest BCUT2D eigenvalue weighted by molar-refractivity contribution is 0.0526. The van der Waals surface area contributed by atoms with Crippen LogP contribution in [0.3, 0.4) is 0 Å². The van der Waals surface area contributed by atoms with Crippen LogP contribution in [0.15, 0.2) is 18.2 Å². The smallest absolute Gasteiger partial charge is 0.0465 e. The fourth-order valence-corrected chi connectivity index (χ4v) is 3.42. The minimum absolute atomic E-state index is 0.223. The molecule has 0 saturated carbocycles. The summed E-state index contributed by atoms with van der Waals surface area (Å²) in [7, 11) is 0. The Kier molecular flexibility index (Phi) is 5.01. The van der Waals surface area contributed by atoms with Crippen molar-refractivity contribution in [3.8, 4) is 0 Å². The average molecular weight is 315 g/mol. The summed E-state index contributed by atoms with van der Waals surface area (Å²) in [5.41, 5.74) is 1.26. The number of nitrogens with zero attached hydrogens (tertiary/aromatic N) is 1. The standard InChI is InChI=1S/C16H24Cl2N2/c1-11-9-20(15(8-19-11)16(2,3)4)10-12-13(17)6-5-7-14(12)18/h5-7,11,15,19H,8-10H2,1-4H3. The van der Waals surface area contributed by atoms with Crippen LogP contribution in [0.2, 0.25) is 10.0 Å². The molecule has 1 aromatic carbocycles. The van der Waals surface area contributed by atoms with E-state index in [1.165, 1.54) is 0 Å². The van der Waals surface area contributed by atoms with E-state index < -0.39 is 0 Å². The predicted molar refractivity (Wildman–Crippen MR) is 87.6 cm³/mol. The Morgan fingerprint density at radius 3 is 2.40 bits per heavy atom. The van der Waals surface area contributed by atoms with E-state index in [2.05, 4.69) is 37.9 Å². The second-order valence-corrected chi connectivity index (χ2v) is 7.64. The SMILES string of the molecule is CC1CN(Cc2c(Cl)cccc2Cl)C(C(C)(C)C)CN1. The maximum atomic E-state index is 6.32. The summed E-state index contributed by atoms with van der Waals surface area (Å²) in [6.07, 6.45) is 0. The summed E-state index contributed by atoms with van der Waals surface area (Å²) < 4.78 is 0. The minimum atomic E-state index is 0.223. The molecule has 0 aromatic heterocycles. The molecule has 0 amide bonds. The lowest BCUT2D eigenvalue weighted by Crippen LogP contribution is -2.59. The first-order valence-corrected chi connectivity index (χ1v) is 7.95. The van der Waals surface area contributed by atoms with Gasteiger partial charge in [-0.15, -0.1) is 0 Å². The molecule has 20 heavy (non-hydrogen) atoms. The Hall–Kier alpha value is -0.280. The highest BCUT2D eigenvalue weighted by molar-refractivity contribution is 6.35. The van der Waals surface area contributed by atoms with E-state index in [1.54, 1.807) is 0 Å². The molecule has 1 heterocycles. The van der Waals surface area contributed by atoms with Gasteiger partial charge >= 0.3 is 0 Å². The van der Waals surface area contributed by atoms with Crippen molar-refractivity contribution >= 4 is 23.2 Å². The summed E-state index contributed by atoms with van der Waals surface area (Å²) in [6, 6.07) is 6.71. The number of piperazine rings is 1. The maximum Gasteiger partial charge on any atom is 0.0465 e. The van der Waals surface area contributed by atoms with E-state index in [4.69, 9.17) is 23.2 Å². The van der Waals surface area contributed by atoms with Gasteiger partial charge in [-0.25, -0.2) is 0 Å². The van der Waals surface area contributed by atoms with Gasteiger partial charge in [0.25, 0.3) is 0 Å². The normalized spacial score (nSPS) is 24.9. The van der Waals surface area contributed by atoms with Crippen LogP contribution in [0.5, 0.6) is 0 Å². The molecular weight excluding hydrogens is 291 g/mol. The van der Waals surface area contributed by atoms with Crippen molar-refractivity contribution in [1.82, 2.24) is 10.2 Å². The van der Waals surface area contributed by atoms with Gasteiger partial charge < -0.3 is 5.32 Å². The van der Waals surface area contributed by atoms with Gasteiger partial charge in [-0.05, 0) is 24.5 Å². The predicted octanol–water partition coefficient (Wildman–Crippen LogP) is 4.20. The van der Waals surface area contributed by atoms with Crippen LogP contribution in [-0.4, -0.2) is 30.1 Å². The molecule has 0 radical (unpaired) electrons. The second kappa shape index (κ2) is 6.23.